The molecule has 0 heterocycles. The summed E-state index contributed by atoms with van der Waals surface area (Å²) in [5.74, 6) is 0.105. The molecule has 3 nitrogen and oxygen atoms in total. The van der Waals surface area contributed by atoms with Crippen LogP contribution >= 0.6 is 0 Å². The number of nitrogens with one attached hydrogen (secondary N) is 1. The summed E-state index contributed by atoms with van der Waals surface area (Å²) in [6, 6.07) is 0. The zero-order valence-corrected chi connectivity index (χ0v) is 6.02. The molecular weight excluding hydrogens is 130 g/mol. The molecule has 0 aromatic rings. The lowest BCUT2D eigenvalue weighted by molar-refractivity contribution is -0.117. The van der Waals surface area contributed by atoms with Gasteiger partial charge in [-0.05, 0) is 13.3 Å². The van der Waals surface area contributed by atoms with Gasteiger partial charge in [0.25, 0.3) is 0 Å². The molecule has 0 aliphatic carbocycles. The number of hydrogen-bond donors (Lipinski definition) is 1. The molecule has 0 aliphatic rings. The van der Waals surface area contributed by atoms with Gasteiger partial charge < -0.3 is 10.1 Å². The van der Waals surface area contributed by atoms with Gasteiger partial charge in [0.2, 0.25) is 6.41 Å². The van der Waals surface area contributed by atoms with Crippen molar-refractivity contribution in [2.75, 3.05) is 0 Å². The predicted octanol–water partition coefficient (Wildman–Crippen LogP) is 0.615. The van der Waals surface area contributed by atoms with E-state index < -0.39 is 0 Å². The molecule has 0 rings (SSSR count). The Morgan fingerprint density at radius 2 is 2.20 bits per heavy atom. The third-order valence-corrected chi connectivity index (χ3v) is 1.04. The molecule has 3 heteroatoms. The molecule has 0 saturated carbocycles. The van der Waals surface area contributed by atoms with E-state index in [-0.39, 0.29) is 5.78 Å². The highest BCUT2D eigenvalue weighted by Gasteiger charge is 1.94. The molecule has 1 N–H and O–H groups in total. The van der Waals surface area contributed by atoms with Crippen molar-refractivity contribution in [2.24, 2.45) is 0 Å². The lowest BCUT2D eigenvalue weighted by Crippen LogP contribution is -2.09. The fourth-order valence-electron chi connectivity index (χ4n) is 0.482. The summed E-state index contributed by atoms with van der Waals surface area (Å²) in [6.45, 7) is 5.03. The Hall–Kier alpha value is -1.12. The Morgan fingerprint density at radius 1 is 1.60 bits per heavy atom. The van der Waals surface area contributed by atoms with Gasteiger partial charge in [0.05, 0.1) is 0 Å². The lowest BCUT2D eigenvalue weighted by Gasteiger charge is -1.99. The molecule has 0 atom stereocenters. The van der Waals surface area contributed by atoms with Crippen molar-refractivity contribution in [2.45, 2.75) is 19.8 Å². The van der Waals surface area contributed by atoms with Crippen LogP contribution in [0.2, 0.25) is 0 Å². The smallest absolute Gasteiger partial charge is 0.211 e. The Balaban J connectivity index is 3.39. The average Bonchev–Trinajstić information content (AvgIpc) is 1.85. The van der Waals surface area contributed by atoms with Crippen LogP contribution in [-0.2, 0) is 9.59 Å². The quantitative estimate of drug-likeness (QED) is 0.570. The van der Waals surface area contributed by atoms with Gasteiger partial charge in [0.15, 0.2) is 0 Å². The highest BCUT2D eigenvalue weighted by Crippen LogP contribution is 1.97. The fraction of sp³-hybridized carbons (Fsp3) is 0.429. The normalized spacial score (nSPS) is 8.50. The maximum absolute atomic E-state index is 10.4. The number of carbonyl (C=O) groups is 2. The second-order valence-corrected chi connectivity index (χ2v) is 2.07. The van der Waals surface area contributed by atoms with Crippen molar-refractivity contribution >= 4 is 12.2 Å². The van der Waals surface area contributed by atoms with E-state index in [0.717, 1.165) is 0 Å². The minimum Gasteiger partial charge on any atom is -0.333 e. The van der Waals surface area contributed by atoms with Crippen LogP contribution in [0.4, 0.5) is 0 Å². The molecule has 10 heavy (non-hydrogen) atoms. The standard InChI is InChI=1S/C7H11NO2/c1-6(8-5-9)3-4-7(2)10/h5H,1,3-4H2,2H3,(H,8,9). The number of allylic oxidation sites excluding steroid dienone is 1. The minimum atomic E-state index is 0.105. The molecule has 0 aromatic carbocycles. The van der Waals surface area contributed by atoms with Crippen molar-refractivity contribution in [1.82, 2.24) is 5.32 Å². The van der Waals surface area contributed by atoms with Crippen LogP contribution in [0.1, 0.15) is 19.8 Å². The van der Waals surface area contributed by atoms with Gasteiger partial charge in [-0.1, -0.05) is 6.58 Å². The number of Topliss-reactive ketones (excluding diaryl/α,β-unsaturated/α-hetero) is 1. The Kier molecular flexibility index (Phi) is 4.20. The van der Waals surface area contributed by atoms with Crippen LogP contribution in [0.15, 0.2) is 12.3 Å². The van der Waals surface area contributed by atoms with E-state index in [4.69, 9.17) is 0 Å². The number of amides is 1. The summed E-state index contributed by atoms with van der Waals surface area (Å²) in [5, 5.41) is 2.37. The summed E-state index contributed by atoms with van der Waals surface area (Å²) in [5.41, 5.74) is 0.588. The van der Waals surface area contributed by atoms with Gasteiger partial charge in [-0.2, -0.15) is 0 Å². The fourth-order valence-corrected chi connectivity index (χ4v) is 0.482. The predicted molar refractivity (Wildman–Crippen MR) is 38.3 cm³/mol. The summed E-state index contributed by atoms with van der Waals surface area (Å²) in [6.07, 6.45) is 1.54. The van der Waals surface area contributed by atoms with Gasteiger partial charge >= 0.3 is 0 Å². The first-order chi connectivity index (χ1) is 4.66. The number of hydrogen-bond acceptors (Lipinski definition) is 2. The average molecular weight is 141 g/mol. The summed E-state index contributed by atoms with van der Waals surface area (Å²) < 4.78 is 0. The van der Waals surface area contributed by atoms with Gasteiger partial charge in [0.1, 0.15) is 5.78 Å². The molecule has 0 aromatic heterocycles. The van der Waals surface area contributed by atoms with E-state index in [1.165, 1.54) is 6.92 Å². The topological polar surface area (TPSA) is 46.2 Å². The maximum Gasteiger partial charge on any atom is 0.211 e. The molecule has 0 bridgehead atoms. The second kappa shape index (κ2) is 4.73. The minimum absolute atomic E-state index is 0.105. The Bertz CT molecular complexity index is 152. The van der Waals surface area contributed by atoms with Crippen LogP contribution in [0.25, 0.3) is 0 Å². The van der Waals surface area contributed by atoms with Crippen LogP contribution in [-0.4, -0.2) is 12.2 Å². The third kappa shape index (κ3) is 5.03. The highest BCUT2D eigenvalue weighted by molar-refractivity contribution is 5.75. The van der Waals surface area contributed by atoms with Gasteiger partial charge in [-0.3, -0.25) is 4.79 Å². The summed E-state index contributed by atoms with van der Waals surface area (Å²) in [4.78, 5) is 20.2. The van der Waals surface area contributed by atoms with E-state index in [9.17, 15) is 9.59 Å². The number of carbonyl (C=O) groups excluding carboxylic acids is 2. The third-order valence-electron chi connectivity index (χ3n) is 1.04. The van der Waals surface area contributed by atoms with Crippen molar-refractivity contribution in [3.05, 3.63) is 12.3 Å². The first-order valence-corrected chi connectivity index (χ1v) is 3.04. The molecule has 56 valence electrons. The lowest BCUT2D eigenvalue weighted by atomic mass is 10.2. The Labute approximate surface area is 60.1 Å². The molecule has 0 aliphatic heterocycles. The molecular formula is C7H11NO2. The van der Waals surface area contributed by atoms with Crippen LogP contribution in [0, 0.1) is 0 Å². The largest absolute Gasteiger partial charge is 0.333 e. The zero-order valence-electron chi connectivity index (χ0n) is 6.02. The van der Waals surface area contributed by atoms with E-state index in [0.29, 0.717) is 24.9 Å². The van der Waals surface area contributed by atoms with Crippen molar-refractivity contribution in [3.8, 4) is 0 Å². The van der Waals surface area contributed by atoms with Crippen LogP contribution in [0.3, 0.4) is 0 Å². The van der Waals surface area contributed by atoms with Crippen molar-refractivity contribution in [1.29, 1.82) is 0 Å². The number of rotatable bonds is 5. The van der Waals surface area contributed by atoms with E-state index in [1.54, 1.807) is 0 Å². The first kappa shape index (κ1) is 8.88. The Morgan fingerprint density at radius 3 is 2.60 bits per heavy atom. The van der Waals surface area contributed by atoms with Gasteiger partial charge in [-0.25, -0.2) is 0 Å². The summed E-state index contributed by atoms with van der Waals surface area (Å²) in [7, 11) is 0. The highest BCUT2D eigenvalue weighted by atomic mass is 16.1. The van der Waals surface area contributed by atoms with Gasteiger partial charge in [-0.15, -0.1) is 0 Å². The van der Waals surface area contributed by atoms with Crippen molar-refractivity contribution < 1.29 is 9.59 Å². The molecule has 0 spiro atoms. The van der Waals surface area contributed by atoms with E-state index in [2.05, 4.69) is 11.9 Å². The molecule has 0 saturated heterocycles. The SMILES string of the molecule is C=C(CCC(C)=O)NC=O. The van der Waals surface area contributed by atoms with Crippen LogP contribution < -0.4 is 5.32 Å². The first-order valence-electron chi connectivity index (χ1n) is 3.04. The molecule has 1 amide bonds. The second-order valence-electron chi connectivity index (χ2n) is 2.07. The van der Waals surface area contributed by atoms with E-state index >= 15 is 0 Å². The zero-order chi connectivity index (χ0) is 7.98. The number of ketones is 1. The molecule has 0 fully saturated rings. The van der Waals surface area contributed by atoms with Crippen LogP contribution in [0.5, 0.6) is 0 Å². The molecule has 0 radical (unpaired) electrons. The van der Waals surface area contributed by atoms with Gasteiger partial charge in [0, 0.05) is 12.1 Å². The summed E-state index contributed by atoms with van der Waals surface area (Å²) >= 11 is 0. The van der Waals surface area contributed by atoms with E-state index in [1.807, 2.05) is 0 Å². The molecule has 0 unspecified atom stereocenters. The monoisotopic (exact) mass is 141 g/mol. The van der Waals surface area contributed by atoms with Crippen molar-refractivity contribution in [3.63, 3.8) is 0 Å². The maximum atomic E-state index is 10.4.